The number of ether oxygens (including phenoxy) is 1. The summed E-state index contributed by atoms with van der Waals surface area (Å²) in [6, 6.07) is -1.86. The van der Waals surface area contributed by atoms with Crippen molar-refractivity contribution in [1.82, 2.24) is 24.6 Å². The van der Waals surface area contributed by atoms with Crippen LogP contribution in [0.2, 0.25) is 0 Å². The van der Waals surface area contributed by atoms with Gasteiger partial charge in [-0.1, -0.05) is 38.3 Å². The normalized spacial score (nSPS) is 31.9. The minimum absolute atomic E-state index is 0.172. The molecule has 43 heavy (non-hydrogen) atoms. The van der Waals surface area contributed by atoms with Crippen LogP contribution >= 0.6 is 0 Å². The molecular formula is C30H49N5O7S. The van der Waals surface area contributed by atoms with Crippen molar-refractivity contribution in [3.8, 4) is 0 Å². The van der Waals surface area contributed by atoms with Gasteiger partial charge >= 0.3 is 16.3 Å². The minimum Gasteiger partial charge on any atom is -0.444 e. The van der Waals surface area contributed by atoms with Gasteiger partial charge < -0.3 is 20.3 Å². The highest BCUT2D eigenvalue weighted by molar-refractivity contribution is 7.87. The third-order valence-corrected chi connectivity index (χ3v) is 10.4. The topological polar surface area (TPSA) is 154 Å². The Bertz CT molecular complexity index is 1200. The van der Waals surface area contributed by atoms with Crippen LogP contribution in [0.5, 0.6) is 0 Å². The Hall–Kier alpha value is -2.67. The zero-order chi connectivity index (χ0) is 31.4. The van der Waals surface area contributed by atoms with Crippen LogP contribution in [-0.2, 0) is 29.3 Å². The second-order valence-electron chi connectivity index (χ2n) is 13.3. The molecule has 1 aliphatic carbocycles. The Morgan fingerprint density at radius 1 is 1.05 bits per heavy atom. The van der Waals surface area contributed by atoms with Gasteiger partial charge in [0.15, 0.2) is 0 Å². The second-order valence-corrected chi connectivity index (χ2v) is 15.0. The first kappa shape index (κ1) is 33.2. The number of allylic oxidation sites excluding steroid dienone is 1. The summed E-state index contributed by atoms with van der Waals surface area (Å²) in [6.07, 6.45) is 11.0. The van der Waals surface area contributed by atoms with Gasteiger partial charge in [-0.3, -0.25) is 14.4 Å². The smallest absolute Gasteiger partial charge is 0.408 e. The molecule has 5 unspecified atom stereocenters. The summed E-state index contributed by atoms with van der Waals surface area (Å²) in [7, 11) is -4.10. The fourth-order valence-electron chi connectivity index (χ4n) is 6.51. The molecule has 2 saturated heterocycles. The summed E-state index contributed by atoms with van der Waals surface area (Å²) in [5, 5.41) is 5.59. The third kappa shape index (κ3) is 8.09. The molecule has 12 nitrogen and oxygen atoms in total. The predicted molar refractivity (Wildman–Crippen MR) is 161 cm³/mol. The number of carbonyl (C=O) groups excluding carboxylic acids is 4. The van der Waals surface area contributed by atoms with E-state index < -0.39 is 51.3 Å². The number of hydrogen-bond acceptors (Lipinski definition) is 7. The number of hydrogen-bond donors (Lipinski definition) is 3. The van der Waals surface area contributed by atoms with E-state index in [-0.39, 0.29) is 24.3 Å². The zero-order valence-corrected chi connectivity index (χ0v) is 26.8. The van der Waals surface area contributed by atoms with Crippen molar-refractivity contribution >= 4 is 34.0 Å². The van der Waals surface area contributed by atoms with Gasteiger partial charge in [0.1, 0.15) is 23.2 Å². The molecule has 13 heteroatoms. The van der Waals surface area contributed by atoms with Gasteiger partial charge in [0, 0.05) is 25.0 Å². The number of amides is 4. The van der Waals surface area contributed by atoms with Crippen molar-refractivity contribution < 1.29 is 32.3 Å². The Labute approximate surface area is 255 Å². The van der Waals surface area contributed by atoms with Gasteiger partial charge in [0.2, 0.25) is 11.8 Å². The van der Waals surface area contributed by atoms with Crippen molar-refractivity contribution in [3.05, 3.63) is 12.2 Å². The molecule has 0 aromatic rings. The average Bonchev–Trinajstić information content (AvgIpc) is 3.39. The molecule has 3 heterocycles. The maximum atomic E-state index is 13.7. The van der Waals surface area contributed by atoms with Crippen LogP contribution in [0.4, 0.5) is 4.79 Å². The van der Waals surface area contributed by atoms with Crippen LogP contribution in [0.15, 0.2) is 12.2 Å². The fraction of sp³-hybridized carbons (Fsp3) is 0.800. The van der Waals surface area contributed by atoms with Crippen LogP contribution in [0, 0.1) is 5.92 Å². The lowest BCUT2D eigenvalue weighted by atomic mass is 10.0. The summed E-state index contributed by atoms with van der Waals surface area (Å²) >= 11 is 0. The van der Waals surface area contributed by atoms with Crippen LogP contribution < -0.4 is 15.4 Å². The molecule has 3 fully saturated rings. The maximum Gasteiger partial charge on any atom is 0.408 e. The molecule has 0 spiro atoms. The van der Waals surface area contributed by atoms with Crippen molar-refractivity contribution in [3.63, 3.8) is 0 Å². The van der Waals surface area contributed by atoms with Gasteiger partial charge in [0.25, 0.3) is 5.91 Å². The summed E-state index contributed by atoms with van der Waals surface area (Å²) in [4.78, 5) is 55.2. The molecule has 3 N–H and O–H groups in total. The molecule has 4 amide bonds. The highest BCUT2D eigenvalue weighted by atomic mass is 32.2. The largest absolute Gasteiger partial charge is 0.444 e. The first-order chi connectivity index (χ1) is 20.3. The highest BCUT2D eigenvalue weighted by Crippen LogP contribution is 2.46. The lowest BCUT2D eigenvalue weighted by Crippen LogP contribution is -2.59. The van der Waals surface area contributed by atoms with Crippen molar-refractivity contribution in [2.45, 2.75) is 134 Å². The van der Waals surface area contributed by atoms with Gasteiger partial charge in [-0.25, -0.2) is 9.52 Å². The number of alkyl carbamates (subject to hydrolysis) is 1. The first-order valence-electron chi connectivity index (χ1n) is 15.9. The number of carbonyl (C=O) groups is 4. The molecule has 0 aromatic heterocycles. The Balaban J connectivity index is 1.54. The molecule has 4 rings (SSSR count). The van der Waals surface area contributed by atoms with Crippen LogP contribution in [-0.4, -0.2) is 83.8 Å². The van der Waals surface area contributed by atoms with Gasteiger partial charge in [-0.15, -0.1) is 0 Å². The predicted octanol–water partition coefficient (Wildman–Crippen LogP) is 2.89. The Morgan fingerprint density at radius 2 is 1.79 bits per heavy atom. The zero-order valence-electron chi connectivity index (χ0n) is 26.0. The van der Waals surface area contributed by atoms with Crippen molar-refractivity contribution in [2.24, 2.45) is 5.92 Å². The lowest BCUT2D eigenvalue weighted by Gasteiger charge is -2.34. The number of fused-ring (bicyclic) bond motifs is 2. The van der Waals surface area contributed by atoms with E-state index in [9.17, 15) is 27.6 Å². The third-order valence-electron chi connectivity index (χ3n) is 8.90. The van der Waals surface area contributed by atoms with Gasteiger partial charge in [0.05, 0.1) is 0 Å². The van der Waals surface area contributed by atoms with Gasteiger partial charge in [-0.05, 0) is 78.6 Å². The van der Waals surface area contributed by atoms with Gasteiger partial charge in [-0.2, -0.15) is 12.7 Å². The number of rotatable bonds is 5. The molecule has 0 aromatic carbocycles. The molecule has 0 radical (unpaired) electrons. The second kappa shape index (κ2) is 13.5. The van der Waals surface area contributed by atoms with E-state index in [2.05, 4.69) is 15.4 Å². The lowest BCUT2D eigenvalue weighted by molar-refractivity contribution is -0.141. The number of nitrogens with one attached hydrogen (secondary N) is 3. The van der Waals surface area contributed by atoms with Crippen LogP contribution in [0.1, 0.15) is 105 Å². The van der Waals surface area contributed by atoms with E-state index in [0.717, 1.165) is 38.5 Å². The molecule has 5 atom stereocenters. The van der Waals surface area contributed by atoms with E-state index in [4.69, 9.17) is 4.74 Å². The summed E-state index contributed by atoms with van der Waals surface area (Å²) in [5.41, 5.74) is -2.15. The molecule has 3 aliphatic heterocycles. The maximum absolute atomic E-state index is 13.7. The molecule has 242 valence electrons. The quantitative estimate of drug-likeness (QED) is 0.398. The van der Waals surface area contributed by atoms with Crippen LogP contribution in [0.3, 0.4) is 0 Å². The van der Waals surface area contributed by atoms with E-state index in [1.54, 1.807) is 20.8 Å². The summed E-state index contributed by atoms with van der Waals surface area (Å²) in [5.74, 6) is -1.96. The molecule has 0 bridgehead atoms. The van der Waals surface area contributed by atoms with Crippen molar-refractivity contribution in [1.29, 1.82) is 0 Å². The van der Waals surface area contributed by atoms with E-state index in [1.807, 2.05) is 19.1 Å². The van der Waals surface area contributed by atoms with E-state index in [1.165, 1.54) is 9.21 Å². The first-order valence-corrected chi connectivity index (χ1v) is 17.3. The van der Waals surface area contributed by atoms with Crippen LogP contribution in [0.25, 0.3) is 0 Å². The highest BCUT2D eigenvalue weighted by Gasteiger charge is 2.61. The number of nitrogens with zero attached hydrogens (tertiary/aromatic N) is 2. The SMILES string of the molecule is CCC1CCCCN1S(=O)(=O)NC(=O)C12CC1/C=C\CCCCCC(NC(=O)OC(C)(C)C)C(=O)N1CCCC1C(=O)N2. The molecule has 4 aliphatic rings. The standard InChI is InChI=1S/C30H49N5O7S/c1-5-22-15-11-12-19-35(22)43(40,41)33-27(38)30-20-21(30)14-9-7-6-8-10-16-23(31-28(39)42-29(2,3)4)26(37)34-18-13-17-24(34)25(36)32-30/h9,14,21-24H,5-8,10-13,15-20H2,1-4H3,(H,31,39)(H,32,36)(H,33,38)/b14-9-. The molecule has 1 saturated carbocycles. The minimum atomic E-state index is -4.10. The van der Waals surface area contributed by atoms with Crippen molar-refractivity contribution in [2.75, 3.05) is 13.1 Å². The summed E-state index contributed by atoms with van der Waals surface area (Å²) in [6.45, 7) is 7.86. The monoisotopic (exact) mass is 623 g/mol. The summed E-state index contributed by atoms with van der Waals surface area (Å²) < 4.78 is 35.8. The Kier molecular flexibility index (Phi) is 10.5. The van der Waals surface area contributed by atoms with E-state index >= 15 is 0 Å². The molecular weight excluding hydrogens is 574 g/mol. The number of piperidine rings is 1. The fourth-order valence-corrected chi connectivity index (χ4v) is 8.06. The average molecular weight is 624 g/mol. The van der Waals surface area contributed by atoms with E-state index in [0.29, 0.717) is 45.2 Å². The Morgan fingerprint density at radius 3 is 2.51 bits per heavy atom.